The number of rotatable bonds is 4. The Morgan fingerprint density at radius 1 is 0.947 bits per heavy atom. The molecule has 0 radical (unpaired) electrons. The molecule has 0 saturated carbocycles. The summed E-state index contributed by atoms with van der Waals surface area (Å²) in [7, 11) is 0. The van der Waals surface area contributed by atoms with Gasteiger partial charge < -0.3 is 14.7 Å². The number of likely N-dealkylation sites (tertiary alicyclic amines) is 1. The van der Waals surface area contributed by atoms with E-state index in [1.165, 1.54) is 28.7 Å². The van der Waals surface area contributed by atoms with Gasteiger partial charge >= 0.3 is 6.18 Å². The van der Waals surface area contributed by atoms with Crippen molar-refractivity contribution >= 4 is 40.2 Å². The van der Waals surface area contributed by atoms with E-state index >= 15 is 0 Å². The average Bonchev–Trinajstić information content (AvgIpc) is 3.54. The van der Waals surface area contributed by atoms with Crippen molar-refractivity contribution in [3.8, 4) is 0 Å². The number of nitrogens with zero attached hydrogens (tertiary/aromatic N) is 5. The second-order valence-corrected chi connectivity index (χ2v) is 11.7. The monoisotopic (exact) mass is 563 g/mol. The summed E-state index contributed by atoms with van der Waals surface area (Å²) >= 11 is 2.91. The minimum absolute atomic E-state index is 0.0332. The first-order chi connectivity index (χ1) is 18.1. The average molecular weight is 564 g/mol. The van der Waals surface area contributed by atoms with Crippen LogP contribution in [0.4, 0.5) is 18.9 Å². The molecule has 0 aliphatic carbocycles. The lowest BCUT2D eigenvalue weighted by molar-refractivity contribution is -0.137. The fourth-order valence-electron chi connectivity index (χ4n) is 4.98. The predicted octanol–water partition coefficient (Wildman–Crippen LogP) is 5.22. The van der Waals surface area contributed by atoms with E-state index in [1.807, 2.05) is 23.6 Å². The maximum absolute atomic E-state index is 13.1. The normalized spacial score (nSPS) is 17.2. The summed E-state index contributed by atoms with van der Waals surface area (Å²) in [6.45, 7) is 6.78. The number of piperidine rings is 1. The molecule has 2 fully saturated rings. The Bertz CT molecular complexity index is 1320. The zero-order chi connectivity index (χ0) is 27.0. The lowest BCUT2D eigenvalue weighted by Gasteiger charge is -2.36. The Morgan fingerprint density at radius 2 is 1.63 bits per heavy atom. The summed E-state index contributed by atoms with van der Waals surface area (Å²) in [5.41, 5.74) is 1.02. The summed E-state index contributed by atoms with van der Waals surface area (Å²) in [5.74, 6) is 0.0818. The van der Waals surface area contributed by atoms with Crippen LogP contribution < -0.4 is 4.90 Å². The smallest absolute Gasteiger partial charge is 0.368 e. The number of hydrogen-bond acceptors (Lipinski definition) is 7. The van der Waals surface area contributed by atoms with Crippen molar-refractivity contribution in [3.05, 3.63) is 61.5 Å². The van der Waals surface area contributed by atoms with Gasteiger partial charge in [-0.05, 0) is 44.9 Å². The van der Waals surface area contributed by atoms with Crippen molar-refractivity contribution in [2.75, 3.05) is 44.2 Å². The molecule has 0 atom stereocenters. The highest BCUT2D eigenvalue weighted by molar-refractivity contribution is 7.13. The molecule has 7 nitrogen and oxygen atoms in total. The number of thiazole rings is 2. The Morgan fingerprint density at radius 3 is 2.26 bits per heavy atom. The molecule has 2 aliphatic rings. The third-order valence-corrected chi connectivity index (χ3v) is 9.14. The van der Waals surface area contributed by atoms with Gasteiger partial charge in [-0.3, -0.25) is 9.59 Å². The highest BCUT2D eigenvalue weighted by Gasteiger charge is 2.32. The molecule has 0 unspecified atom stereocenters. The molecule has 0 N–H and O–H groups in total. The minimum Gasteiger partial charge on any atom is -0.368 e. The van der Waals surface area contributed by atoms with E-state index in [0.717, 1.165) is 40.7 Å². The molecule has 1 aromatic carbocycles. The number of amides is 2. The van der Waals surface area contributed by atoms with Crippen molar-refractivity contribution < 1.29 is 22.8 Å². The lowest BCUT2D eigenvalue weighted by atomic mass is 9.97. The summed E-state index contributed by atoms with van der Waals surface area (Å²) in [6.07, 6.45) is -2.80. The highest BCUT2D eigenvalue weighted by Crippen LogP contribution is 2.33. The summed E-state index contributed by atoms with van der Waals surface area (Å²) in [5, 5.41) is 3.59. The fraction of sp³-hybridized carbons (Fsp3) is 0.462. The van der Waals surface area contributed by atoms with Crippen LogP contribution >= 0.6 is 22.7 Å². The number of benzene rings is 1. The quantitative estimate of drug-likeness (QED) is 0.436. The molecule has 12 heteroatoms. The van der Waals surface area contributed by atoms with Gasteiger partial charge in [0.25, 0.3) is 11.8 Å². The predicted molar refractivity (Wildman–Crippen MR) is 141 cm³/mol. The van der Waals surface area contributed by atoms with Crippen molar-refractivity contribution in [1.29, 1.82) is 0 Å². The number of carbonyl (C=O) groups excluding carboxylic acids is 2. The number of halogens is 3. The van der Waals surface area contributed by atoms with Gasteiger partial charge in [0, 0.05) is 56.3 Å². The third-order valence-electron chi connectivity index (χ3n) is 7.08. The Balaban J connectivity index is 1.15. The summed E-state index contributed by atoms with van der Waals surface area (Å²) in [6, 6.07) is 5.29. The van der Waals surface area contributed by atoms with E-state index in [9.17, 15) is 22.8 Å². The standard InChI is InChI=1S/C26H28F3N5O2S2/c1-16-22(38-17(2)30-16)25(36)33-8-6-18(7-9-33)23-31-21(15-37-23)24(35)34-12-10-32(11-13-34)20-5-3-4-19(14-20)26(27,28)29/h3-5,14-15,18H,6-13H2,1-2H3. The van der Waals surface area contributed by atoms with Gasteiger partial charge in [0.15, 0.2) is 0 Å². The van der Waals surface area contributed by atoms with Crippen LogP contribution in [0.2, 0.25) is 0 Å². The minimum atomic E-state index is -4.39. The first kappa shape index (κ1) is 26.6. The molecule has 3 aromatic rings. The zero-order valence-corrected chi connectivity index (χ0v) is 22.8. The van der Waals surface area contributed by atoms with E-state index in [1.54, 1.807) is 16.3 Å². The Labute approximate surface area is 226 Å². The second-order valence-electron chi connectivity index (χ2n) is 9.61. The fourth-order valence-corrected chi connectivity index (χ4v) is 6.84. The number of anilines is 1. The molecule has 4 heterocycles. The van der Waals surface area contributed by atoms with Gasteiger partial charge in [0.05, 0.1) is 21.3 Å². The van der Waals surface area contributed by atoms with E-state index in [-0.39, 0.29) is 17.7 Å². The van der Waals surface area contributed by atoms with Crippen molar-refractivity contribution in [2.24, 2.45) is 0 Å². The van der Waals surface area contributed by atoms with Gasteiger partial charge in [-0.1, -0.05) is 6.07 Å². The molecule has 5 rings (SSSR count). The van der Waals surface area contributed by atoms with Crippen molar-refractivity contribution in [1.82, 2.24) is 19.8 Å². The first-order valence-corrected chi connectivity index (χ1v) is 14.2. The number of aromatic nitrogens is 2. The Kier molecular flexibility index (Phi) is 7.45. The van der Waals surface area contributed by atoms with Crippen LogP contribution in [0, 0.1) is 13.8 Å². The molecule has 2 aliphatic heterocycles. The number of piperazine rings is 1. The molecule has 202 valence electrons. The lowest BCUT2D eigenvalue weighted by Crippen LogP contribution is -2.49. The van der Waals surface area contributed by atoms with Gasteiger partial charge in [-0.25, -0.2) is 9.97 Å². The van der Waals surface area contributed by atoms with E-state index < -0.39 is 11.7 Å². The zero-order valence-electron chi connectivity index (χ0n) is 21.1. The van der Waals surface area contributed by atoms with Crippen LogP contribution in [0.5, 0.6) is 0 Å². The topological polar surface area (TPSA) is 69.6 Å². The molecule has 38 heavy (non-hydrogen) atoms. The summed E-state index contributed by atoms with van der Waals surface area (Å²) < 4.78 is 39.2. The SMILES string of the molecule is Cc1nc(C)c(C(=O)N2CCC(c3nc(C(=O)N4CCN(c5cccc(C(F)(F)F)c5)CC4)cs3)CC2)s1. The molecule has 2 amide bonds. The van der Waals surface area contributed by atoms with E-state index in [2.05, 4.69) is 9.97 Å². The summed E-state index contributed by atoms with van der Waals surface area (Å²) in [4.78, 5) is 41.2. The number of carbonyl (C=O) groups is 2. The van der Waals surface area contributed by atoms with Gasteiger partial charge in [-0.15, -0.1) is 22.7 Å². The third kappa shape index (κ3) is 5.56. The maximum Gasteiger partial charge on any atom is 0.416 e. The number of aryl methyl sites for hydroxylation is 2. The Hall–Kier alpha value is -2.99. The van der Waals surface area contributed by atoms with Crippen LogP contribution in [-0.2, 0) is 6.18 Å². The molecule has 0 bridgehead atoms. The second kappa shape index (κ2) is 10.6. The highest BCUT2D eigenvalue weighted by atomic mass is 32.1. The van der Waals surface area contributed by atoms with E-state index in [4.69, 9.17) is 0 Å². The molecule has 2 aromatic heterocycles. The maximum atomic E-state index is 13.1. The molecular weight excluding hydrogens is 535 g/mol. The van der Waals surface area contributed by atoms with Crippen molar-refractivity contribution in [2.45, 2.75) is 38.8 Å². The van der Waals surface area contributed by atoms with Gasteiger partial charge in [-0.2, -0.15) is 13.2 Å². The van der Waals surface area contributed by atoms with Crippen LogP contribution in [0.1, 0.15) is 60.2 Å². The molecule has 0 spiro atoms. The number of hydrogen-bond donors (Lipinski definition) is 0. The largest absolute Gasteiger partial charge is 0.416 e. The molecule has 2 saturated heterocycles. The van der Waals surface area contributed by atoms with Crippen LogP contribution in [0.3, 0.4) is 0 Å². The number of alkyl halides is 3. The van der Waals surface area contributed by atoms with Gasteiger partial charge in [0.1, 0.15) is 10.6 Å². The van der Waals surface area contributed by atoms with Crippen molar-refractivity contribution in [3.63, 3.8) is 0 Å². The first-order valence-electron chi connectivity index (χ1n) is 12.5. The van der Waals surface area contributed by atoms with Crippen LogP contribution in [-0.4, -0.2) is 70.9 Å². The van der Waals surface area contributed by atoms with Crippen LogP contribution in [0.15, 0.2) is 29.6 Å². The van der Waals surface area contributed by atoms with E-state index in [0.29, 0.717) is 55.5 Å². The van der Waals surface area contributed by atoms with Gasteiger partial charge in [0.2, 0.25) is 0 Å². The molecular formula is C26H28F3N5O2S2. The van der Waals surface area contributed by atoms with Crippen LogP contribution in [0.25, 0.3) is 0 Å².